The molecule has 0 aliphatic heterocycles. The highest BCUT2D eigenvalue weighted by molar-refractivity contribution is 7.07. The van der Waals surface area contributed by atoms with Crippen LogP contribution in [0, 0.1) is 0 Å². The Hall–Kier alpha value is -1.10. The smallest absolute Gasteiger partial charge is 0.255 e. The Bertz CT molecular complexity index is 557. The third-order valence-corrected chi connectivity index (χ3v) is 3.64. The Morgan fingerprint density at radius 3 is 2.94 bits per heavy atom. The summed E-state index contributed by atoms with van der Waals surface area (Å²) in [4.78, 5) is 17.6. The molecule has 0 aliphatic rings. The summed E-state index contributed by atoms with van der Waals surface area (Å²) in [5.74, 6) is -0.171. The van der Waals surface area contributed by atoms with Gasteiger partial charge in [-0.15, -0.1) is 0 Å². The zero-order chi connectivity index (χ0) is 13.1. The van der Waals surface area contributed by atoms with Gasteiger partial charge >= 0.3 is 0 Å². The van der Waals surface area contributed by atoms with Crippen molar-refractivity contribution in [1.29, 1.82) is 0 Å². The maximum absolute atomic E-state index is 12.2. The number of nitrogens with zero attached hydrogens (tertiary/aromatic N) is 2. The fourth-order valence-corrected chi connectivity index (χ4v) is 2.51. The predicted octanol–water partition coefficient (Wildman–Crippen LogP) is 3.72. The van der Waals surface area contributed by atoms with Gasteiger partial charge in [0.1, 0.15) is 5.15 Å². The number of aromatic nitrogens is 1. The maximum Gasteiger partial charge on any atom is 0.255 e. The molecular formula is C12H10Cl2N2OS. The highest BCUT2D eigenvalue weighted by Gasteiger charge is 2.16. The van der Waals surface area contributed by atoms with E-state index in [2.05, 4.69) is 4.98 Å². The van der Waals surface area contributed by atoms with Gasteiger partial charge in [0.2, 0.25) is 0 Å². The molecule has 0 fully saturated rings. The standard InChI is InChI=1S/C12H10Cl2N2OS/c1-16(6-8-2-3-18-7-8)12(17)9-4-11(14)15-5-10(9)13/h2-5,7H,6H2,1H3. The number of thiophene rings is 1. The van der Waals surface area contributed by atoms with E-state index in [0.29, 0.717) is 17.1 Å². The topological polar surface area (TPSA) is 33.2 Å². The highest BCUT2D eigenvalue weighted by atomic mass is 35.5. The van der Waals surface area contributed by atoms with E-state index < -0.39 is 0 Å². The van der Waals surface area contributed by atoms with Gasteiger partial charge in [-0.2, -0.15) is 11.3 Å². The van der Waals surface area contributed by atoms with Crippen LogP contribution in [0.1, 0.15) is 15.9 Å². The van der Waals surface area contributed by atoms with Crippen LogP contribution in [0.2, 0.25) is 10.2 Å². The molecule has 0 spiro atoms. The van der Waals surface area contributed by atoms with Crippen LogP contribution >= 0.6 is 34.5 Å². The van der Waals surface area contributed by atoms with E-state index in [1.807, 2.05) is 16.8 Å². The van der Waals surface area contributed by atoms with Crippen molar-refractivity contribution in [3.05, 3.63) is 50.4 Å². The Morgan fingerprint density at radius 2 is 2.28 bits per heavy atom. The van der Waals surface area contributed by atoms with Gasteiger partial charge in [-0.3, -0.25) is 4.79 Å². The first-order valence-corrected chi connectivity index (χ1v) is 6.85. The molecule has 0 radical (unpaired) electrons. The molecule has 18 heavy (non-hydrogen) atoms. The fraction of sp³-hybridized carbons (Fsp3) is 0.167. The van der Waals surface area contributed by atoms with Crippen molar-refractivity contribution in [2.45, 2.75) is 6.54 Å². The number of carbonyl (C=O) groups is 1. The van der Waals surface area contributed by atoms with E-state index in [4.69, 9.17) is 23.2 Å². The second-order valence-corrected chi connectivity index (χ2v) is 5.35. The zero-order valence-electron chi connectivity index (χ0n) is 9.56. The van der Waals surface area contributed by atoms with Gasteiger partial charge in [0.05, 0.1) is 10.6 Å². The summed E-state index contributed by atoms with van der Waals surface area (Å²) >= 11 is 13.3. The Labute approximate surface area is 119 Å². The van der Waals surface area contributed by atoms with Crippen LogP contribution in [0.25, 0.3) is 0 Å². The summed E-state index contributed by atoms with van der Waals surface area (Å²) in [5, 5.41) is 4.54. The van der Waals surface area contributed by atoms with Crippen molar-refractivity contribution >= 4 is 40.4 Å². The summed E-state index contributed by atoms with van der Waals surface area (Å²) < 4.78 is 0. The summed E-state index contributed by atoms with van der Waals surface area (Å²) in [6.07, 6.45) is 1.38. The molecule has 0 atom stereocenters. The third kappa shape index (κ3) is 3.02. The van der Waals surface area contributed by atoms with Crippen LogP contribution < -0.4 is 0 Å². The lowest BCUT2D eigenvalue weighted by Crippen LogP contribution is -2.26. The molecule has 0 aromatic carbocycles. The van der Waals surface area contributed by atoms with E-state index in [1.54, 1.807) is 23.3 Å². The van der Waals surface area contributed by atoms with Gasteiger partial charge in [0.15, 0.2) is 0 Å². The molecule has 2 aromatic heterocycles. The largest absolute Gasteiger partial charge is 0.337 e. The number of carbonyl (C=O) groups excluding carboxylic acids is 1. The normalized spacial score (nSPS) is 10.4. The fourth-order valence-electron chi connectivity index (χ4n) is 1.51. The van der Waals surface area contributed by atoms with Crippen LogP contribution in [-0.4, -0.2) is 22.8 Å². The van der Waals surface area contributed by atoms with Gasteiger partial charge in [0, 0.05) is 19.8 Å². The number of pyridine rings is 1. The van der Waals surface area contributed by atoms with Gasteiger partial charge in [-0.1, -0.05) is 23.2 Å². The van der Waals surface area contributed by atoms with Crippen LogP contribution in [0.3, 0.4) is 0 Å². The van der Waals surface area contributed by atoms with Crippen molar-refractivity contribution in [1.82, 2.24) is 9.88 Å². The van der Waals surface area contributed by atoms with Gasteiger partial charge in [0.25, 0.3) is 5.91 Å². The van der Waals surface area contributed by atoms with Crippen molar-refractivity contribution < 1.29 is 4.79 Å². The lowest BCUT2D eigenvalue weighted by Gasteiger charge is -2.17. The van der Waals surface area contributed by atoms with Crippen LogP contribution in [-0.2, 0) is 6.54 Å². The van der Waals surface area contributed by atoms with Crippen LogP contribution in [0.5, 0.6) is 0 Å². The molecule has 2 aromatic rings. The number of rotatable bonds is 3. The SMILES string of the molecule is CN(Cc1ccsc1)C(=O)c1cc(Cl)ncc1Cl. The number of hydrogen-bond acceptors (Lipinski definition) is 3. The number of hydrogen-bond donors (Lipinski definition) is 0. The van der Waals surface area contributed by atoms with E-state index in [0.717, 1.165) is 5.56 Å². The molecule has 2 rings (SSSR count). The monoisotopic (exact) mass is 300 g/mol. The van der Waals surface area contributed by atoms with Gasteiger partial charge in [-0.25, -0.2) is 4.98 Å². The predicted molar refractivity (Wildman–Crippen MR) is 74.4 cm³/mol. The lowest BCUT2D eigenvalue weighted by atomic mass is 10.2. The molecule has 0 N–H and O–H groups in total. The summed E-state index contributed by atoms with van der Waals surface area (Å²) in [7, 11) is 1.73. The highest BCUT2D eigenvalue weighted by Crippen LogP contribution is 2.20. The number of halogens is 2. The van der Waals surface area contributed by atoms with E-state index in [9.17, 15) is 4.79 Å². The molecule has 0 saturated heterocycles. The average Bonchev–Trinajstić information content (AvgIpc) is 2.84. The molecular weight excluding hydrogens is 291 g/mol. The third-order valence-electron chi connectivity index (χ3n) is 2.40. The molecule has 0 bridgehead atoms. The van der Waals surface area contributed by atoms with Gasteiger partial charge < -0.3 is 4.90 Å². The quantitative estimate of drug-likeness (QED) is 0.809. The van der Waals surface area contributed by atoms with E-state index in [1.165, 1.54) is 12.3 Å². The van der Waals surface area contributed by atoms with Crippen LogP contribution in [0.4, 0.5) is 0 Å². The molecule has 1 amide bonds. The second kappa shape index (κ2) is 5.69. The molecule has 0 unspecified atom stereocenters. The van der Waals surface area contributed by atoms with Crippen molar-refractivity contribution in [2.75, 3.05) is 7.05 Å². The Morgan fingerprint density at radius 1 is 1.50 bits per heavy atom. The van der Waals surface area contributed by atoms with Crippen LogP contribution in [0.15, 0.2) is 29.1 Å². The Kier molecular flexibility index (Phi) is 4.22. The first-order valence-electron chi connectivity index (χ1n) is 5.15. The minimum Gasteiger partial charge on any atom is -0.337 e. The van der Waals surface area contributed by atoms with Crippen molar-refractivity contribution in [2.24, 2.45) is 0 Å². The molecule has 94 valence electrons. The Balaban J connectivity index is 2.17. The van der Waals surface area contributed by atoms with Gasteiger partial charge in [-0.05, 0) is 28.5 Å². The molecule has 3 nitrogen and oxygen atoms in total. The first kappa shape index (κ1) is 13.3. The zero-order valence-corrected chi connectivity index (χ0v) is 11.9. The summed E-state index contributed by atoms with van der Waals surface area (Å²) in [6.45, 7) is 0.540. The molecule has 2 heterocycles. The molecule has 0 aliphatic carbocycles. The number of amides is 1. The maximum atomic E-state index is 12.2. The van der Waals surface area contributed by atoms with E-state index >= 15 is 0 Å². The van der Waals surface area contributed by atoms with E-state index in [-0.39, 0.29) is 11.1 Å². The first-order chi connectivity index (χ1) is 8.58. The average molecular weight is 301 g/mol. The van der Waals surface area contributed by atoms with Crippen molar-refractivity contribution in [3.8, 4) is 0 Å². The minimum absolute atomic E-state index is 0.171. The summed E-state index contributed by atoms with van der Waals surface area (Å²) in [6, 6.07) is 3.46. The molecule has 0 saturated carbocycles. The summed E-state index contributed by atoms with van der Waals surface area (Å²) in [5.41, 5.74) is 1.46. The second-order valence-electron chi connectivity index (χ2n) is 3.78. The minimum atomic E-state index is -0.171. The lowest BCUT2D eigenvalue weighted by molar-refractivity contribution is 0.0785. The van der Waals surface area contributed by atoms with Crippen molar-refractivity contribution in [3.63, 3.8) is 0 Å². The molecule has 6 heteroatoms.